The van der Waals surface area contributed by atoms with Gasteiger partial charge < -0.3 is 10.4 Å². The molecule has 3 atom stereocenters. The molecule has 0 aliphatic heterocycles. The molecule has 2 N–H and O–H groups in total. The molecule has 0 saturated heterocycles. The second-order valence-corrected chi connectivity index (χ2v) is 4.25. The second kappa shape index (κ2) is 4.04. The van der Waals surface area contributed by atoms with E-state index in [-0.39, 0.29) is 17.9 Å². The fraction of sp³-hybridized carbons (Fsp3) is 0.636. The topological polar surface area (TPSA) is 66.4 Å². The Balaban J connectivity index is 1.85. The van der Waals surface area contributed by atoms with Gasteiger partial charge in [-0.05, 0) is 25.7 Å². The quantitative estimate of drug-likeness (QED) is 0.679. The lowest BCUT2D eigenvalue weighted by Crippen LogP contribution is -2.46. The molecule has 0 spiro atoms. The van der Waals surface area contributed by atoms with Gasteiger partial charge in [0, 0.05) is 6.04 Å². The molecule has 2 rings (SSSR count). The van der Waals surface area contributed by atoms with Crippen molar-refractivity contribution in [2.75, 3.05) is 0 Å². The zero-order valence-corrected chi connectivity index (χ0v) is 8.48. The smallest absolute Gasteiger partial charge is 0.307 e. The third-order valence-corrected chi connectivity index (χ3v) is 3.27. The molecule has 4 heteroatoms. The normalized spacial score (nSPS) is 33.5. The number of hydrogen-bond donors (Lipinski definition) is 2. The first kappa shape index (κ1) is 10.2. The van der Waals surface area contributed by atoms with Gasteiger partial charge in [0.1, 0.15) is 0 Å². The summed E-state index contributed by atoms with van der Waals surface area (Å²) >= 11 is 0. The predicted octanol–water partition coefficient (Wildman–Crippen LogP) is 0.932. The number of carbonyl (C=O) groups is 2. The Bertz CT molecular complexity index is 311. The summed E-state index contributed by atoms with van der Waals surface area (Å²) in [7, 11) is 0. The first-order valence-electron chi connectivity index (χ1n) is 5.38. The molecule has 0 bridgehead atoms. The minimum Gasteiger partial charge on any atom is -0.481 e. The average molecular weight is 209 g/mol. The number of rotatable bonds is 3. The standard InChI is InChI=1S/C11H15NO3/c13-10(12-7-3-1-2-4-7)8-5-6-9(8)11(14)15/h1,3,7-9H,2,4-6H2,(H,12,13)(H,14,15)/t7?,8-,9+/m0/s1. The Kier molecular flexibility index (Phi) is 2.75. The molecule has 82 valence electrons. The van der Waals surface area contributed by atoms with Gasteiger partial charge in [-0.1, -0.05) is 12.2 Å². The molecular formula is C11H15NO3. The maximum absolute atomic E-state index is 11.7. The lowest BCUT2D eigenvalue weighted by Gasteiger charge is -2.32. The van der Waals surface area contributed by atoms with Gasteiger partial charge in [-0.2, -0.15) is 0 Å². The van der Waals surface area contributed by atoms with Crippen LogP contribution in [0.25, 0.3) is 0 Å². The van der Waals surface area contributed by atoms with E-state index in [1.807, 2.05) is 12.2 Å². The Morgan fingerprint density at radius 3 is 2.40 bits per heavy atom. The summed E-state index contributed by atoms with van der Waals surface area (Å²) in [5.74, 6) is -1.71. The molecular weight excluding hydrogens is 194 g/mol. The summed E-state index contributed by atoms with van der Waals surface area (Å²) in [5, 5.41) is 11.7. The molecule has 1 unspecified atom stereocenters. The SMILES string of the molecule is O=C(NC1C=CCC1)[C@H]1CC[C@H]1C(=O)O. The summed E-state index contributed by atoms with van der Waals surface area (Å²) in [6, 6.07) is 0.118. The minimum absolute atomic E-state index is 0.0924. The zero-order valence-electron chi connectivity index (χ0n) is 8.48. The van der Waals surface area contributed by atoms with Gasteiger partial charge in [0.05, 0.1) is 11.8 Å². The van der Waals surface area contributed by atoms with Crippen LogP contribution in [0.3, 0.4) is 0 Å². The van der Waals surface area contributed by atoms with Gasteiger partial charge in [-0.25, -0.2) is 0 Å². The van der Waals surface area contributed by atoms with Gasteiger partial charge in [0.25, 0.3) is 0 Å². The highest BCUT2D eigenvalue weighted by Gasteiger charge is 2.41. The molecule has 0 aromatic heterocycles. The molecule has 1 fully saturated rings. The van der Waals surface area contributed by atoms with Crippen molar-refractivity contribution in [1.29, 1.82) is 0 Å². The van der Waals surface area contributed by atoms with Crippen molar-refractivity contribution in [1.82, 2.24) is 5.32 Å². The summed E-state index contributed by atoms with van der Waals surface area (Å²) in [6.45, 7) is 0. The molecule has 0 aromatic rings. The summed E-state index contributed by atoms with van der Waals surface area (Å²) in [5.41, 5.74) is 0. The van der Waals surface area contributed by atoms with E-state index in [4.69, 9.17) is 5.11 Å². The monoisotopic (exact) mass is 209 g/mol. The van der Waals surface area contributed by atoms with Crippen LogP contribution in [0.15, 0.2) is 12.2 Å². The fourth-order valence-corrected chi connectivity index (χ4v) is 2.15. The molecule has 15 heavy (non-hydrogen) atoms. The molecule has 0 heterocycles. The largest absolute Gasteiger partial charge is 0.481 e. The molecule has 4 nitrogen and oxygen atoms in total. The van der Waals surface area contributed by atoms with Crippen LogP contribution in [0.5, 0.6) is 0 Å². The highest BCUT2D eigenvalue weighted by atomic mass is 16.4. The van der Waals surface area contributed by atoms with Crippen molar-refractivity contribution in [2.24, 2.45) is 11.8 Å². The maximum atomic E-state index is 11.7. The Hall–Kier alpha value is -1.32. The summed E-state index contributed by atoms with van der Waals surface area (Å²) < 4.78 is 0. The second-order valence-electron chi connectivity index (χ2n) is 4.25. The van der Waals surface area contributed by atoms with E-state index in [1.165, 1.54) is 0 Å². The lowest BCUT2D eigenvalue weighted by atomic mass is 9.73. The number of amides is 1. The molecule has 0 radical (unpaired) electrons. The lowest BCUT2D eigenvalue weighted by molar-refractivity contribution is -0.152. The van der Waals surface area contributed by atoms with Crippen LogP contribution < -0.4 is 5.32 Å². The molecule has 0 aromatic carbocycles. The number of carboxylic acid groups (broad SMARTS) is 1. The van der Waals surface area contributed by atoms with Gasteiger partial charge in [0.2, 0.25) is 5.91 Å². The van der Waals surface area contributed by atoms with Crippen molar-refractivity contribution < 1.29 is 14.7 Å². The van der Waals surface area contributed by atoms with Crippen LogP contribution in [-0.4, -0.2) is 23.0 Å². The first-order chi connectivity index (χ1) is 7.18. The molecule has 1 amide bonds. The fourth-order valence-electron chi connectivity index (χ4n) is 2.15. The third-order valence-electron chi connectivity index (χ3n) is 3.27. The van der Waals surface area contributed by atoms with Crippen LogP contribution in [0.2, 0.25) is 0 Å². The van der Waals surface area contributed by atoms with E-state index >= 15 is 0 Å². The van der Waals surface area contributed by atoms with Crippen LogP contribution in [-0.2, 0) is 9.59 Å². The van der Waals surface area contributed by atoms with Crippen molar-refractivity contribution in [3.8, 4) is 0 Å². The van der Waals surface area contributed by atoms with E-state index in [1.54, 1.807) is 0 Å². The van der Waals surface area contributed by atoms with Crippen LogP contribution >= 0.6 is 0 Å². The number of aliphatic carboxylic acids is 1. The third kappa shape index (κ3) is 2.03. The van der Waals surface area contributed by atoms with Gasteiger partial charge in [-0.3, -0.25) is 9.59 Å². The van der Waals surface area contributed by atoms with Crippen molar-refractivity contribution >= 4 is 11.9 Å². The zero-order chi connectivity index (χ0) is 10.8. The van der Waals surface area contributed by atoms with Crippen LogP contribution in [0.1, 0.15) is 25.7 Å². The number of allylic oxidation sites excluding steroid dienone is 1. The number of hydrogen-bond acceptors (Lipinski definition) is 2. The van der Waals surface area contributed by atoms with Crippen LogP contribution in [0, 0.1) is 11.8 Å². The predicted molar refractivity (Wildman–Crippen MR) is 54.2 cm³/mol. The van der Waals surface area contributed by atoms with E-state index in [9.17, 15) is 9.59 Å². The van der Waals surface area contributed by atoms with E-state index in [0.29, 0.717) is 12.8 Å². The number of carboxylic acids is 1. The molecule has 2 aliphatic rings. The average Bonchev–Trinajstić information content (AvgIpc) is 2.52. The summed E-state index contributed by atoms with van der Waals surface area (Å²) in [6.07, 6.45) is 7.30. The van der Waals surface area contributed by atoms with Crippen molar-refractivity contribution in [2.45, 2.75) is 31.7 Å². The Labute approximate surface area is 88.4 Å². The maximum Gasteiger partial charge on any atom is 0.307 e. The number of carbonyl (C=O) groups excluding carboxylic acids is 1. The van der Waals surface area contributed by atoms with E-state index in [0.717, 1.165) is 12.8 Å². The van der Waals surface area contributed by atoms with Gasteiger partial charge in [0.15, 0.2) is 0 Å². The minimum atomic E-state index is -0.844. The van der Waals surface area contributed by atoms with Gasteiger partial charge in [-0.15, -0.1) is 0 Å². The Morgan fingerprint density at radius 1 is 1.20 bits per heavy atom. The summed E-state index contributed by atoms with van der Waals surface area (Å²) in [4.78, 5) is 22.4. The van der Waals surface area contributed by atoms with E-state index in [2.05, 4.69) is 5.32 Å². The number of nitrogens with one attached hydrogen (secondary N) is 1. The highest BCUT2D eigenvalue weighted by Crippen LogP contribution is 2.34. The van der Waals surface area contributed by atoms with Crippen molar-refractivity contribution in [3.05, 3.63) is 12.2 Å². The first-order valence-corrected chi connectivity index (χ1v) is 5.38. The van der Waals surface area contributed by atoms with Gasteiger partial charge >= 0.3 is 5.97 Å². The Morgan fingerprint density at radius 2 is 1.93 bits per heavy atom. The molecule has 1 saturated carbocycles. The van der Waals surface area contributed by atoms with E-state index < -0.39 is 11.9 Å². The van der Waals surface area contributed by atoms with Crippen LogP contribution in [0.4, 0.5) is 0 Å². The van der Waals surface area contributed by atoms with Crippen molar-refractivity contribution in [3.63, 3.8) is 0 Å². The highest BCUT2D eigenvalue weighted by molar-refractivity contribution is 5.86. The molecule has 2 aliphatic carbocycles.